The first-order chi connectivity index (χ1) is 14.0. The van der Waals surface area contributed by atoms with Crippen molar-refractivity contribution in [3.63, 3.8) is 0 Å². The Morgan fingerprint density at radius 2 is 1.69 bits per heavy atom. The summed E-state index contributed by atoms with van der Waals surface area (Å²) in [7, 11) is 0. The fourth-order valence-electron chi connectivity index (χ4n) is 3.03. The summed E-state index contributed by atoms with van der Waals surface area (Å²) < 4.78 is 1.88. The normalized spacial score (nSPS) is 11.7. The molecule has 29 heavy (non-hydrogen) atoms. The maximum atomic E-state index is 12.2. The molecule has 1 heterocycles. The van der Waals surface area contributed by atoms with Crippen LogP contribution in [-0.2, 0) is 11.2 Å². The van der Waals surface area contributed by atoms with Crippen LogP contribution in [0.15, 0.2) is 66.9 Å². The predicted octanol–water partition coefficient (Wildman–Crippen LogP) is 3.05. The number of nitrogens with zero attached hydrogens (tertiary/aromatic N) is 2. The molecule has 3 aromatic rings. The number of para-hydroxylation sites is 1. The number of aromatic nitrogens is 2. The number of hydrogen-bond acceptors (Lipinski definition) is 3. The molecule has 1 aromatic heterocycles. The zero-order chi connectivity index (χ0) is 20.6. The van der Waals surface area contributed by atoms with Crippen LogP contribution in [0.2, 0.25) is 0 Å². The number of carbonyl (C=O) groups excluding carboxylic acids is 2. The molecule has 2 N–H and O–H groups in total. The van der Waals surface area contributed by atoms with Gasteiger partial charge >= 0.3 is 0 Å². The van der Waals surface area contributed by atoms with Gasteiger partial charge in [0.05, 0.1) is 11.4 Å². The summed E-state index contributed by atoms with van der Waals surface area (Å²) in [6.07, 6.45) is 3.66. The summed E-state index contributed by atoms with van der Waals surface area (Å²) in [4.78, 5) is 24.4. The molecule has 0 aliphatic carbocycles. The Hall–Kier alpha value is -3.41. The summed E-state index contributed by atoms with van der Waals surface area (Å²) in [5, 5.41) is 10.2. The standard InChI is InChI=1S/C23H26N4O2/c1-17-20(16-27(26-17)21-13-7-4-8-14-21)12-9-15-24-22(28)18(2)25-23(29)19-10-5-3-6-11-19/h3-8,10-11,13-14,16,18H,9,12,15H2,1-2H3,(H,24,28)(H,25,29)/t18-/m0/s1. The number of aryl methyl sites for hydroxylation is 2. The smallest absolute Gasteiger partial charge is 0.251 e. The van der Waals surface area contributed by atoms with E-state index in [4.69, 9.17) is 0 Å². The fourth-order valence-corrected chi connectivity index (χ4v) is 3.03. The van der Waals surface area contributed by atoms with Crippen molar-refractivity contribution >= 4 is 11.8 Å². The number of rotatable bonds is 8. The van der Waals surface area contributed by atoms with Crippen LogP contribution in [0.5, 0.6) is 0 Å². The lowest BCUT2D eigenvalue weighted by molar-refractivity contribution is -0.122. The van der Waals surface area contributed by atoms with Crippen molar-refractivity contribution in [1.82, 2.24) is 20.4 Å². The van der Waals surface area contributed by atoms with Gasteiger partial charge in [0.1, 0.15) is 6.04 Å². The van der Waals surface area contributed by atoms with E-state index in [1.54, 1.807) is 31.2 Å². The number of amides is 2. The minimum absolute atomic E-state index is 0.189. The minimum atomic E-state index is -0.592. The Morgan fingerprint density at radius 3 is 2.38 bits per heavy atom. The van der Waals surface area contributed by atoms with Crippen LogP contribution in [0, 0.1) is 6.92 Å². The Morgan fingerprint density at radius 1 is 1.03 bits per heavy atom. The molecule has 0 aliphatic rings. The number of carbonyl (C=O) groups is 2. The summed E-state index contributed by atoms with van der Waals surface area (Å²) >= 11 is 0. The molecule has 1 atom stereocenters. The lowest BCUT2D eigenvalue weighted by atomic mass is 10.1. The second-order valence-electron chi connectivity index (χ2n) is 6.98. The second kappa shape index (κ2) is 9.68. The summed E-state index contributed by atoms with van der Waals surface area (Å²) in [6, 6.07) is 18.3. The van der Waals surface area contributed by atoms with Gasteiger partial charge in [-0.2, -0.15) is 5.10 Å². The molecule has 6 heteroatoms. The molecule has 0 aliphatic heterocycles. The first-order valence-electron chi connectivity index (χ1n) is 9.79. The maximum absolute atomic E-state index is 12.2. The third kappa shape index (κ3) is 5.54. The van der Waals surface area contributed by atoms with Gasteiger partial charge in [-0.05, 0) is 56.5 Å². The molecule has 0 fully saturated rings. The van der Waals surface area contributed by atoms with Crippen LogP contribution >= 0.6 is 0 Å². The molecule has 6 nitrogen and oxygen atoms in total. The zero-order valence-electron chi connectivity index (χ0n) is 16.8. The Bertz CT molecular complexity index is 952. The molecule has 0 spiro atoms. The van der Waals surface area contributed by atoms with E-state index in [-0.39, 0.29) is 11.8 Å². The van der Waals surface area contributed by atoms with Gasteiger partial charge in [0.25, 0.3) is 5.91 Å². The molecule has 150 valence electrons. The molecule has 0 saturated carbocycles. The first-order valence-corrected chi connectivity index (χ1v) is 9.79. The average Bonchev–Trinajstić information content (AvgIpc) is 3.12. The largest absolute Gasteiger partial charge is 0.354 e. The highest BCUT2D eigenvalue weighted by molar-refractivity contribution is 5.97. The average molecular weight is 390 g/mol. The molecule has 3 rings (SSSR count). The second-order valence-corrected chi connectivity index (χ2v) is 6.98. The zero-order valence-corrected chi connectivity index (χ0v) is 16.8. The van der Waals surface area contributed by atoms with E-state index < -0.39 is 6.04 Å². The Balaban J connectivity index is 1.44. The van der Waals surface area contributed by atoms with Crippen LogP contribution in [0.3, 0.4) is 0 Å². The summed E-state index contributed by atoms with van der Waals surface area (Å²) in [5.74, 6) is -0.441. The molecular formula is C23H26N4O2. The van der Waals surface area contributed by atoms with E-state index >= 15 is 0 Å². The lowest BCUT2D eigenvalue weighted by Crippen LogP contribution is -2.45. The molecule has 0 saturated heterocycles. The summed E-state index contributed by atoms with van der Waals surface area (Å²) in [5.41, 5.74) is 3.72. The van der Waals surface area contributed by atoms with Gasteiger partial charge in [0.15, 0.2) is 0 Å². The fraction of sp³-hybridized carbons (Fsp3) is 0.261. The third-order valence-corrected chi connectivity index (χ3v) is 4.72. The first kappa shape index (κ1) is 20.3. The van der Waals surface area contributed by atoms with Gasteiger partial charge < -0.3 is 10.6 Å². The molecular weight excluding hydrogens is 364 g/mol. The topological polar surface area (TPSA) is 76.0 Å². The highest BCUT2D eigenvalue weighted by atomic mass is 16.2. The Labute approximate surface area is 170 Å². The quantitative estimate of drug-likeness (QED) is 0.581. The van der Waals surface area contributed by atoms with Gasteiger partial charge in [-0.25, -0.2) is 4.68 Å². The monoisotopic (exact) mass is 390 g/mol. The van der Waals surface area contributed by atoms with E-state index in [9.17, 15) is 9.59 Å². The summed E-state index contributed by atoms with van der Waals surface area (Å²) in [6.45, 7) is 4.22. The third-order valence-electron chi connectivity index (χ3n) is 4.72. The maximum Gasteiger partial charge on any atom is 0.251 e. The van der Waals surface area contributed by atoms with Crippen LogP contribution in [0.4, 0.5) is 0 Å². The van der Waals surface area contributed by atoms with Crippen molar-refractivity contribution in [1.29, 1.82) is 0 Å². The highest BCUT2D eigenvalue weighted by Crippen LogP contribution is 2.13. The van der Waals surface area contributed by atoms with Crippen LogP contribution in [0.1, 0.15) is 35.0 Å². The van der Waals surface area contributed by atoms with Crippen molar-refractivity contribution in [3.05, 3.63) is 83.7 Å². The molecule has 2 aromatic carbocycles. The van der Waals surface area contributed by atoms with Gasteiger partial charge in [-0.1, -0.05) is 36.4 Å². The van der Waals surface area contributed by atoms with E-state index in [1.165, 1.54) is 0 Å². The van der Waals surface area contributed by atoms with Gasteiger partial charge in [0, 0.05) is 18.3 Å². The van der Waals surface area contributed by atoms with Crippen LogP contribution < -0.4 is 10.6 Å². The van der Waals surface area contributed by atoms with Crippen molar-refractivity contribution < 1.29 is 9.59 Å². The molecule has 0 radical (unpaired) electrons. The van der Waals surface area contributed by atoms with Gasteiger partial charge in [-0.3, -0.25) is 9.59 Å². The highest BCUT2D eigenvalue weighted by Gasteiger charge is 2.16. The lowest BCUT2D eigenvalue weighted by Gasteiger charge is -2.14. The van der Waals surface area contributed by atoms with Crippen LogP contribution in [0.25, 0.3) is 5.69 Å². The number of hydrogen-bond donors (Lipinski definition) is 2. The molecule has 2 amide bonds. The number of nitrogens with one attached hydrogen (secondary N) is 2. The molecule has 0 bridgehead atoms. The van der Waals surface area contributed by atoms with E-state index in [2.05, 4.69) is 15.7 Å². The predicted molar refractivity (Wildman–Crippen MR) is 113 cm³/mol. The van der Waals surface area contributed by atoms with Crippen LogP contribution in [-0.4, -0.2) is 34.2 Å². The number of benzene rings is 2. The van der Waals surface area contributed by atoms with Gasteiger partial charge in [-0.15, -0.1) is 0 Å². The van der Waals surface area contributed by atoms with E-state index in [0.717, 1.165) is 29.8 Å². The van der Waals surface area contributed by atoms with Gasteiger partial charge in [0.2, 0.25) is 5.91 Å². The molecule has 0 unspecified atom stereocenters. The minimum Gasteiger partial charge on any atom is -0.354 e. The van der Waals surface area contributed by atoms with Crippen molar-refractivity contribution in [2.24, 2.45) is 0 Å². The van der Waals surface area contributed by atoms with Crippen molar-refractivity contribution in [2.75, 3.05) is 6.54 Å². The van der Waals surface area contributed by atoms with E-state index in [0.29, 0.717) is 12.1 Å². The Kier molecular flexibility index (Phi) is 6.79. The van der Waals surface area contributed by atoms with Crippen molar-refractivity contribution in [3.8, 4) is 5.69 Å². The van der Waals surface area contributed by atoms with E-state index in [1.807, 2.05) is 54.2 Å². The SMILES string of the molecule is Cc1nn(-c2ccccc2)cc1CCCNC(=O)[C@H](C)NC(=O)c1ccccc1. The van der Waals surface area contributed by atoms with Crippen molar-refractivity contribution in [2.45, 2.75) is 32.7 Å².